The zero-order chi connectivity index (χ0) is 15.6. The molecule has 1 heterocycles. The van der Waals surface area contributed by atoms with Crippen LogP contribution in [-0.4, -0.2) is 52.2 Å². The smallest absolute Gasteiger partial charge is 0.244 e. The number of sulfonamides is 1. The minimum Gasteiger partial charge on any atom is -0.377 e. The quantitative estimate of drug-likeness (QED) is 0.824. The molecular weight excluding hydrogens is 360 g/mol. The van der Waals surface area contributed by atoms with Gasteiger partial charge in [0.2, 0.25) is 10.0 Å². The average Bonchev–Trinajstić information content (AvgIpc) is 2.90. The number of hydrogen-bond acceptors (Lipinski definition) is 5. The standard InChI is InChI=1S/C13H19BrN2O4S/c1-19-11-7-16(8-12(11)20-2)21(17,18)13-4-3-9(6-15)5-10(13)14/h3-5,11-12H,6-8,15H2,1-2H3. The number of rotatable bonds is 5. The third-order valence-corrected chi connectivity index (χ3v) is 6.45. The van der Waals surface area contributed by atoms with Crippen LogP contribution in [0.15, 0.2) is 27.6 Å². The summed E-state index contributed by atoms with van der Waals surface area (Å²) in [6.07, 6.45) is -0.515. The lowest BCUT2D eigenvalue weighted by atomic mass is 10.2. The number of ether oxygens (including phenoxy) is 2. The molecule has 118 valence electrons. The van der Waals surface area contributed by atoms with Gasteiger partial charge in [0.05, 0.1) is 17.1 Å². The molecule has 21 heavy (non-hydrogen) atoms. The van der Waals surface area contributed by atoms with E-state index in [1.165, 1.54) is 4.31 Å². The number of nitrogens with two attached hydrogens (primary N) is 1. The van der Waals surface area contributed by atoms with Crippen LogP contribution in [0.3, 0.4) is 0 Å². The van der Waals surface area contributed by atoms with Gasteiger partial charge < -0.3 is 15.2 Å². The van der Waals surface area contributed by atoms with Crippen LogP contribution < -0.4 is 5.73 Å². The van der Waals surface area contributed by atoms with Crippen LogP contribution in [0, 0.1) is 0 Å². The first-order chi connectivity index (χ1) is 9.93. The minimum absolute atomic E-state index is 0.228. The monoisotopic (exact) mass is 378 g/mol. The highest BCUT2D eigenvalue weighted by Crippen LogP contribution is 2.29. The van der Waals surface area contributed by atoms with Gasteiger partial charge in [-0.25, -0.2) is 8.42 Å². The molecule has 1 aromatic carbocycles. The van der Waals surface area contributed by atoms with Gasteiger partial charge in [0.1, 0.15) is 0 Å². The fourth-order valence-electron chi connectivity index (χ4n) is 2.38. The fraction of sp³-hybridized carbons (Fsp3) is 0.538. The van der Waals surface area contributed by atoms with E-state index in [2.05, 4.69) is 15.9 Å². The molecule has 2 N–H and O–H groups in total. The topological polar surface area (TPSA) is 81.9 Å². The third kappa shape index (κ3) is 3.30. The van der Waals surface area contributed by atoms with Crippen molar-refractivity contribution in [3.63, 3.8) is 0 Å². The molecule has 0 spiro atoms. The van der Waals surface area contributed by atoms with Crippen LogP contribution in [-0.2, 0) is 26.0 Å². The molecule has 2 rings (SSSR count). The van der Waals surface area contributed by atoms with Crippen molar-refractivity contribution in [1.82, 2.24) is 4.31 Å². The number of benzene rings is 1. The first kappa shape index (κ1) is 16.9. The molecule has 0 bridgehead atoms. The Morgan fingerprint density at radius 1 is 1.29 bits per heavy atom. The molecule has 1 aliphatic heterocycles. The van der Waals surface area contributed by atoms with Crippen molar-refractivity contribution in [3.8, 4) is 0 Å². The Labute approximate surface area is 133 Å². The summed E-state index contributed by atoms with van der Waals surface area (Å²) in [7, 11) is -0.486. The van der Waals surface area contributed by atoms with Gasteiger partial charge in [-0.1, -0.05) is 6.07 Å². The van der Waals surface area contributed by atoms with Crippen molar-refractivity contribution < 1.29 is 17.9 Å². The zero-order valence-corrected chi connectivity index (χ0v) is 14.4. The molecule has 1 saturated heterocycles. The maximum atomic E-state index is 12.7. The van der Waals surface area contributed by atoms with E-state index < -0.39 is 10.0 Å². The van der Waals surface area contributed by atoms with E-state index in [0.717, 1.165) is 5.56 Å². The summed E-state index contributed by atoms with van der Waals surface area (Å²) >= 11 is 3.31. The molecule has 1 aromatic rings. The van der Waals surface area contributed by atoms with Gasteiger partial charge in [0, 0.05) is 38.3 Å². The molecule has 1 fully saturated rings. The highest BCUT2D eigenvalue weighted by atomic mass is 79.9. The van der Waals surface area contributed by atoms with Crippen LogP contribution >= 0.6 is 15.9 Å². The maximum Gasteiger partial charge on any atom is 0.244 e. The van der Waals surface area contributed by atoms with Gasteiger partial charge in [0.15, 0.2) is 0 Å². The molecule has 0 aliphatic carbocycles. The Morgan fingerprint density at radius 2 is 1.86 bits per heavy atom. The van der Waals surface area contributed by atoms with E-state index in [-0.39, 0.29) is 30.2 Å². The predicted octanol–water partition coefficient (Wildman–Crippen LogP) is 0.942. The molecule has 0 amide bonds. The highest BCUT2D eigenvalue weighted by molar-refractivity contribution is 9.10. The summed E-state index contributed by atoms with van der Waals surface area (Å²) in [6.45, 7) is 0.922. The number of nitrogens with zero attached hydrogens (tertiary/aromatic N) is 1. The lowest BCUT2D eigenvalue weighted by molar-refractivity contribution is -0.00461. The Hall–Kier alpha value is -0.510. The molecule has 2 unspecified atom stereocenters. The van der Waals surface area contributed by atoms with E-state index in [1.807, 2.05) is 0 Å². The first-order valence-electron chi connectivity index (χ1n) is 6.48. The molecule has 1 aliphatic rings. The summed E-state index contributed by atoms with van der Waals surface area (Å²) in [5, 5.41) is 0. The average molecular weight is 379 g/mol. The van der Waals surface area contributed by atoms with Crippen molar-refractivity contribution >= 4 is 26.0 Å². The minimum atomic E-state index is -3.59. The third-order valence-electron chi connectivity index (χ3n) is 3.64. The summed E-state index contributed by atoms with van der Waals surface area (Å²) in [6, 6.07) is 5.02. The van der Waals surface area contributed by atoms with Crippen LogP contribution in [0.2, 0.25) is 0 Å². The van der Waals surface area contributed by atoms with E-state index in [0.29, 0.717) is 11.0 Å². The fourth-order valence-corrected chi connectivity index (χ4v) is 4.93. The summed E-state index contributed by atoms with van der Waals surface area (Å²) in [4.78, 5) is 0.228. The Balaban J connectivity index is 2.31. The van der Waals surface area contributed by atoms with E-state index >= 15 is 0 Å². The van der Waals surface area contributed by atoms with Gasteiger partial charge in [-0.05, 0) is 33.6 Å². The Kier molecular flexibility index (Phi) is 5.39. The lowest BCUT2D eigenvalue weighted by Gasteiger charge is -2.17. The first-order valence-corrected chi connectivity index (χ1v) is 8.71. The second-order valence-electron chi connectivity index (χ2n) is 4.84. The second kappa shape index (κ2) is 6.72. The Morgan fingerprint density at radius 3 is 2.29 bits per heavy atom. The van der Waals surface area contributed by atoms with Crippen LogP contribution in [0.5, 0.6) is 0 Å². The van der Waals surface area contributed by atoms with Gasteiger partial charge in [-0.15, -0.1) is 0 Å². The van der Waals surface area contributed by atoms with Gasteiger partial charge in [-0.3, -0.25) is 0 Å². The molecule has 0 aromatic heterocycles. The number of halogens is 1. The van der Waals surface area contributed by atoms with Crippen LogP contribution in [0.4, 0.5) is 0 Å². The van der Waals surface area contributed by atoms with Crippen molar-refractivity contribution in [2.45, 2.75) is 23.6 Å². The molecule has 8 heteroatoms. The van der Waals surface area contributed by atoms with Gasteiger partial charge >= 0.3 is 0 Å². The summed E-state index contributed by atoms with van der Waals surface area (Å²) in [5.74, 6) is 0. The highest BCUT2D eigenvalue weighted by Gasteiger charge is 2.40. The largest absolute Gasteiger partial charge is 0.377 e. The molecular formula is C13H19BrN2O4S. The Bertz CT molecular complexity index is 596. The molecule has 0 radical (unpaired) electrons. The normalized spacial score (nSPS) is 23.6. The van der Waals surface area contributed by atoms with Crippen molar-refractivity contribution in [1.29, 1.82) is 0 Å². The van der Waals surface area contributed by atoms with E-state index in [4.69, 9.17) is 15.2 Å². The lowest BCUT2D eigenvalue weighted by Crippen LogP contribution is -2.30. The van der Waals surface area contributed by atoms with E-state index in [1.54, 1.807) is 32.4 Å². The summed E-state index contributed by atoms with van der Waals surface area (Å²) in [5.41, 5.74) is 6.43. The summed E-state index contributed by atoms with van der Waals surface area (Å²) < 4.78 is 37.9. The predicted molar refractivity (Wildman–Crippen MR) is 82.4 cm³/mol. The number of methoxy groups -OCH3 is 2. The molecule has 6 nitrogen and oxygen atoms in total. The maximum absolute atomic E-state index is 12.7. The van der Waals surface area contributed by atoms with Gasteiger partial charge in [0.25, 0.3) is 0 Å². The SMILES string of the molecule is COC1CN(S(=O)(=O)c2ccc(CN)cc2Br)CC1OC. The van der Waals surface area contributed by atoms with Crippen molar-refractivity contribution in [3.05, 3.63) is 28.2 Å². The van der Waals surface area contributed by atoms with Crippen molar-refractivity contribution in [2.75, 3.05) is 27.3 Å². The second-order valence-corrected chi connectivity index (χ2v) is 7.60. The van der Waals surface area contributed by atoms with E-state index in [9.17, 15) is 8.42 Å². The van der Waals surface area contributed by atoms with Gasteiger partial charge in [-0.2, -0.15) is 4.31 Å². The molecule has 0 saturated carbocycles. The van der Waals surface area contributed by atoms with Crippen molar-refractivity contribution in [2.24, 2.45) is 5.73 Å². The molecule has 2 atom stereocenters. The number of hydrogen-bond donors (Lipinski definition) is 1. The zero-order valence-electron chi connectivity index (χ0n) is 12.0. The van der Waals surface area contributed by atoms with Crippen LogP contribution in [0.25, 0.3) is 0 Å². The van der Waals surface area contributed by atoms with Crippen LogP contribution in [0.1, 0.15) is 5.56 Å².